The van der Waals surface area contributed by atoms with Crippen molar-refractivity contribution in [1.29, 1.82) is 0 Å². The van der Waals surface area contributed by atoms with E-state index in [4.69, 9.17) is 0 Å². The minimum Gasteiger partial charge on any atom is -0.303 e. The fourth-order valence-electron chi connectivity index (χ4n) is 1.55. The van der Waals surface area contributed by atoms with Crippen LogP contribution in [0.25, 0.3) is 10.9 Å². The molecular formula is C12H15N3. The molecule has 0 saturated carbocycles. The average Bonchev–Trinajstić information content (AvgIpc) is 2.18. The monoisotopic (exact) mass is 201 g/mol. The molecule has 1 heterocycles. The number of fused-ring (bicyclic) bond motifs is 1. The van der Waals surface area contributed by atoms with Gasteiger partial charge in [0.15, 0.2) is 0 Å². The number of rotatable bonds is 2. The van der Waals surface area contributed by atoms with Crippen LogP contribution in [0.15, 0.2) is 30.3 Å². The Morgan fingerprint density at radius 2 is 1.93 bits per heavy atom. The van der Waals surface area contributed by atoms with Crippen LogP contribution in [0.2, 0.25) is 0 Å². The number of benzene rings is 1. The van der Waals surface area contributed by atoms with E-state index in [1.807, 2.05) is 37.3 Å². The van der Waals surface area contributed by atoms with Crippen molar-refractivity contribution < 1.29 is 0 Å². The molecule has 1 N–H and O–H groups in total. The van der Waals surface area contributed by atoms with Crippen LogP contribution in [-0.2, 0) is 0 Å². The van der Waals surface area contributed by atoms with Crippen molar-refractivity contribution in [2.45, 2.75) is 6.92 Å². The molecule has 2 rings (SSSR count). The zero-order chi connectivity index (χ0) is 10.8. The van der Waals surface area contributed by atoms with Gasteiger partial charge in [0.05, 0.1) is 5.52 Å². The number of hydrogen-bond acceptors (Lipinski definition) is 3. The molecule has 2 aromatic rings. The predicted molar refractivity (Wildman–Crippen MR) is 63.8 cm³/mol. The molecule has 3 heteroatoms. The molecule has 0 radical (unpaired) electrons. The van der Waals surface area contributed by atoms with Gasteiger partial charge in [0, 0.05) is 19.5 Å². The third kappa shape index (κ3) is 2.07. The van der Waals surface area contributed by atoms with Crippen LogP contribution >= 0.6 is 0 Å². The van der Waals surface area contributed by atoms with Crippen LogP contribution in [0.4, 0.5) is 5.82 Å². The molecular weight excluding hydrogens is 186 g/mol. The minimum absolute atomic E-state index is 0.915. The smallest absolute Gasteiger partial charge is 0.143 e. The zero-order valence-corrected chi connectivity index (χ0v) is 9.28. The summed E-state index contributed by atoms with van der Waals surface area (Å²) >= 11 is 0. The van der Waals surface area contributed by atoms with Crippen LogP contribution in [0, 0.1) is 6.92 Å². The summed E-state index contributed by atoms with van der Waals surface area (Å²) in [6, 6.07) is 10.3. The number of anilines is 1. The van der Waals surface area contributed by atoms with Gasteiger partial charge in [0.2, 0.25) is 0 Å². The summed E-state index contributed by atoms with van der Waals surface area (Å²) in [5.74, 6) is 0.915. The van der Waals surface area contributed by atoms with Crippen molar-refractivity contribution in [2.24, 2.45) is 0 Å². The molecule has 0 aliphatic heterocycles. The molecule has 1 aromatic heterocycles. The molecule has 78 valence electrons. The number of hydrogen-bond donors (Lipinski definition) is 1. The molecule has 0 spiro atoms. The lowest BCUT2D eigenvalue weighted by Gasteiger charge is -2.15. The van der Waals surface area contributed by atoms with E-state index in [9.17, 15) is 0 Å². The SMILES string of the molecule is Cc1cc2ccccc2nc1NN(C)C. The highest BCUT2D eigenvalue weighted by atomic mass is 15.5. The summed E-state index contributed by atoms with van der Waals surface area (Å²) in [6.45, 7) is 2.06. The van der Waals surface area contributed by atoms with Crippen molar-refractivity contribution in [3.8, 4) is 0 Å². The molecule has 0 amide bonds. The fraction of sp³-hybridized carbons (Fsp3) is 0.250. The Morgan fingerprint density at radius 1 is 1.20 bits per heavy atom. The number of hydrazine groups is 1. The third-order valence-corrected chi connectivity index (χ3v) is 2.24. The molecule has 0 aliphatic carbocycles. The van der Waals surface area contributed by atoms with E-state index < -0.39 is 0 Å². The molecule has 15 heavy (non-hydrogen) atoms. The first-order valence-electron chi connectivity index (χ1n) is 4.97. The number of nitrogens with one attached hydrogen (secondary N) is 1. The highest BCUT2D eigenvalue weighted by Crippen LogP contribution is 2.19. The average molecular weight is 201 g/mol. The van der Waals surface area contributed by atoms with Gasteiger partial charge in [-0.3, -0.25) is 0 Å². The Labute approximate surface area is 89.7 Å². The van der Waals surface area contributed by atoms with E-state index in [1.165, 1.54) is 5.39 Å². The van der Waals surface area contributed by atoms with Crippen molar-refractivity contribution >= 4 is 16.7 Å². The molecule has 0 aliphatic rings. The Hall–Kier alpha value is -1.61. The molecule has 3 nitrogen and oxygen atoms in total. The van der Waals surface area contributed by atoms with Crippen molar-refractivity contribution in [3.63, 3.8) is 0 Å². The lowest BCUT2D eigenvalue weighted by Crippen LogP contribution is -2.21. The van der Waals surface area contributed by atoms with Crippen LogP contribution < -0.4 is 5.43 Å². The normalized spacial score (nSPS) is 10.9. The van der Waals surface area contributed by atoms with Gasteiger partial charge in [0.25, 0.3) is 0 Å². The number of aryl methyl sites for hydroxylation is 1. The van der Waals surface area contributed by atoms with Gasteiger partial charge < -0.3 is 5.43 Å². The topological polar surface area (TPSA) is 28.2 Å². The summed E-state index contributed by atoms with van der Waals surface area (Å²) in [5.41, 5.74) is 5.36. The second kappa shape index (κ2) is 3.87. The van der Waals surface area contributed by atoms with Crippen molar-refractivity contribution in [2.75, 3.05) is 19.5 Å². The number of para-hydroxylation sites is 1. The Bertz CT molecular complexity index is 477. The quantitative estimate of drug-likeness (QED) is 0.756. The maximum Gasteiger partial charge on any atom is 0.143 e. The van der Waals surface area contributed by atoms with Gasteiger partial charge in [-0.05, 0) is 24.6 Å². The van der Waals surface area contributed by atoms with Crippen LogP contribution in [0.1, 0.15) is 5.56 Å². The van der Waals surface area contributed by atoms with Gasteiger partial charge >= 0.3 is 0 Å². The zero-order valence-electron chi connectivity index (χ0n) is 9.28. The van der Waals surface area contributed by atoms with E-state index in [0.717, 1.165) is 16.9 Å². The van der Waals surface area contributed by atoms with Gasteiger partial charge in [-0.1, -0.05) is 18.2 Å². The number of pyridine rings is 1. The lowest BCUT2D eigenvalue weighted by atomic mass is 10.1. The van der Waals surface area contributed by atoms with Crippen molar-refractivity contribution in [1.82, 2.24) is 9.99 Å². The molecule has 0 fully saturated rings. The first kappa shape index (κ1) is 9.93. The highest BCUT2D eigenvalue weighted by molar-refractivity contribution is 5.81. The second-order valence-corrected chi connectivity index (χ2v) is 3.85. The van der Waals surface area contributed by atoms with E-state index in [2.05, 4.69) is 29.5 Å². The van der Waals surface area contributed by atoms with Crippen LogP contribution in [-0.4, -0.2) is 24.1 Å². The van der Waals surface area contributed by atoms with Crippen LogP contribution in [0.3, 0.4) is 0 Å². The molecule has 1 aromatic carbocycles. The first-order chi connectivity index (χ1) is 7.16. The molecule has 0 unspecified atom stereocenters. The van der Waals surface area contributed by atoms with E-state index in [1.54, 1.807) is 0 Å². The summed E-state index contributed by atoms with van der Waals surface area (Å²) < 4.78 is 0. The Morgan fingerprint density at radius 3 is 2.67 bits per heavy atom. The summed E-state index contributed by atoms with van der Waals surface area (Å²) in [5, 5.41) is 3.07. The van der Waals surface area contributed by atoms with E-state index >= 15 is 0 Å². The highest BCUT2D eigenvalue weighted by Gasteiger charge is 2.02. The lowest BCUT2D eigenvalue weighted by molar-refractivity contribution is 0.492. The summed E-state index contributed by atoms with van der Waals surface area (Å²) in [6.07, 6.45) is 0. The molecule has 0 atom stereocenters. The molecule has 0 saturated heterocycles. The van der Waals surface area contributed by atoms with Gasteiger partial charge in [-0.15, -0.1) is 0 Å². The van der Waals surface area contributed by atoms with Crippen molar-refractivity contribution in [3.05, 3.63) is 35.9 Å². The van der Waals surface area contributed by atoms with Gasteiger partial charge in [-0.2, -0.15) is 0 Å². The number of aromatic nitrogens is 1. The Balaban J connectivity index is 2.52. The maximum absolute atomic E-state index is 4.56. The first-order valence-corrected chi connectivity index (χ1v) is 4.97. The van der Waals surface area contributed by atoms with Gasteiger partial charge in [-0.25, -0.2) is 9.99 Å². The fourth-order valence-corrected chi connectivity index (χ4v) is 1.55. The maximum atomic E-state index is 4.56. The Kier molecular flexibility index (Phi) is 2.56. The van der Waals surface area contributed by atoms with Crippen LogP contribution in [0.5, 0.6) is 0 Å². The third-order valence-electron chi connectivity index (χ3n) is 2.24. The standard InChI is InChI=1S/C12H15N3/c1-9-8-10-6-4-5-7-11(10)13-12(9)14-15(2)3/h4-8H,1-3H3,(H,13,14). The van der Waals surface area contributed by atoms with E-state index in [0.29, 0.717) is 0 Å². The summed E-state index contributed by atoms with van der Waals surface area (Å²) in [7, 11) is 3.91. The minimum atomic E-state index is 0.915. The van der Waals surface area contributed by atoms with Gasteiger partial charge in [0.1, 0.15) is 5.82 Å². The van der Waals surface area contributed by atoms with E-state index in [-0.39, 0.29) is 0 Å². The second-order valence-electron chi connectivity index (χ2n) is 3.85. The number of nitrogens with zero attached hydrogens (tertiary/aromatic N) is 2. The molecule has 0 bridgehead atoms. The predicted octanol–water partition coefficient (Wildman–Crippen LogP) is 2.43. The summed E-state index contributed by atoms with van der Waals surface area (Å²) in [4.78, 5) is 4.56. The largest absolute Gasteiger partial charge is 0.303 e.